The minimum Gasteiger partial charge on any atom is -0.631 e. The number of rotatable bonds is 1. The molecule has 0 aromatic rings. The Bertz CT molecular complexity index is 37.8. The summed E-state index contributed by atoms with van der Waals surface area (Å²) in [4.78, 5) is 2.55. The van der Waals surface area contributed by atoms with Crippen LogP contribution in [-0.2, 0) is 37.4 Å². The average Bonchev–Trinajstić information content (AvgIpc) is 1.41. The van der Waals surface area contributed by atoms with E-state index in [2.05, 4.69) is 16.1 Å². The molecule has 0 atom stereocenters. The van der Waals surface area contributed by atoms with Crippen molar-refractivity contribution in [1.82, 2.24) is 0 Å². The SMILES string of the molecule is C[NH+]=[C-]OC.[Y]. The average molecular weight is 162 g/mol. The summed E-state index contributed by atoms with van der Waals surface area (Å²) in [5.41, 5.74) is 0. The van der Waals surface area contributed by atoms with Gasteiger partial charge < -0.3 is 9.73 Å². The van der Waals surface area contributed by atoms with Crippen molar-refractivity contribution >= 4 is 6.40 Å². The van der Waals surface area contributed by atoms with Gasteiger partial charge in [0.15, 0.2) is 0 Å². The van der Waals surface area contributed by atoms with Gasteiger partial charge in [0.25, 0.3) is 0 Å². The maximum Gasteiger partial charge on any atom is 0.101 e. The van der Waals surface area contributed by atoms with Gasteiger partial charge in [0, 0.05) is 39.8 Å². The Morgan fingerprint density at radius 3 is 2.17 bits per heavy atom. The summed E-state index contributed by atoms with van der Waals surface area (Å²) in [5, 5.41) is 0. The second kappa shape index (κ2) is 9.13. The number of hydrogen-bond acceptors (Lipinski definition) is 1. The van der Waals surface area contributed by atoms with Crippen LogP contribution in [-0.4, -0.2) is 20.6 Å². The topological polar surface area (TPSA) is 23.2 Å². The van der Waals surface area contributed by atoms with Crippen molar-refractivity contribution < 1.29 is 42.4 Å². The van der Waals surface area contributed by atoms with Crippen LogP contribution < -0.4 is 4.99 Å². The quantitative estimate of drug-likeness (QED) is 0.275. The monoisotopic (exact) mass is 162 g/mol. The van der Waals surface area contributed by atoms with Crippen LogP contribution in [0.1, 0.15) is 0 Å². The number of methoxy groups -OCH3 is 1. The molecule has 0 rings (SSSR count). The molecule has 0 heterocycles. The predicted octanol–water partition coefficient (Wildman–Crippen LogP) is -1.75. The van der Waals surface area contributed by atoms with Crippen molar-refractivity contribution in [3.05, 3.63) is 0 Å². The first kappa shape index (κ1) is 9.76. The second-order valence-electron chi connectivity index (χ2n) is 0.556. The van der Waals surface area contributed by atoms with Crippen molar-refractivity contribution in [3.8, 4) is 0 Å². The van der Waals surface area contributed by atoms with Crippen molar-refractivity contribution in [2.75, 3.05) is 14.2 Å². The first-order valence-corrected chi connectivity index (χ1v) is 1.36. The molecule has 0 spiro atoms. The fraction of sp³-hybridized carbons (Fsp3) is 0.667. The molecule has 0 saturated heterocycles. The Labute approximate surface area is 62.9 Å². The summed E-state index contributed by atoms with van der Waals surface area (Å²) in [6.07, 6.45) is 2.36. The van der Waals surface area contributed by atoms with E-state index in [1.165, 1.54) is 7.11 Å². The summed E-state index contributed by atoms with van der Waals surface area (Å²) in [6, 6.07) is 0. The van der Waals surface area contributed by atoms with E-state index >= 15 is 0 Å². The van der Waals surface area contributed by atoms with Gasteiger partial charge in [-0.2, -0.15) is 0 Å². The smallest absolute Gasteiger partial charge is 0.101 e. The molecule has 3 heteroatoms. The fourth-order valence-corrected chi connectivity index (χ4v) is 0.102. The molecular formula is C3H7NOY. The molecule has 6 heavy (non-hydrogen) atoms. The zero-order chi connectivity index (χ0) is 4.12. The molecule has 33 valence electrons. The van der Waals surface area contributed by atoms with Gasteiger partial charge in [-0.25, -0.2) is 0 Å². The Kier molecular flexibility index (Phi) is 14.9. The van der Waals surface area contributed by atoms with E-state index in [4.69, 9.17) is 0 Å². The minimum atomic E-state index is 0. The number of hydrogen-bond donors (Lipinski definition) is 1. The Balaban J connectivity index is 0. The van der Waals surface area contributed by atoms with Crippen LogP contribution in [0, 0.1) is 0 Å². The normalized spacial score (nSPS) is 7.67. The van der Waals surface area contributed by atoms with Gasteiger partial charge in [0.1, 0.15) is 7.05 Å². The fourth-order valence-electron chi connectivity index (χ4n) is 0.102. The summed E-state index contributed by atoms with van der Waals surface area (Å²) < 4.78 is 4.33. The predicted molar refractivity (Wildman–Crippen MR) is 18.9 cm³/mol. The van der Waals surface area contributed by atoms with Gasteiger partial charge in [-0.05, 0) is 6.40 Å². The van der Waals surface area contributed by atoms with Gasteiger partial charge in [-0.15, -0.1) is 0 Å². The zero-order valence-corrected chi connectivity index (χ0v) is 6.82. The van der Waals surface area contributed by atoms with Crippen LogP contribution >= 0.6 is 0 Å². The Morgan fingerprint density at radius 1 is 1.67 bits per heavy atom. The van der Waals surface area contributed by atoms with Crippen molar-refractivity contribution in [2.45, 2.75) is 0 Å². The Hall–Kier alpha value is 0.574. The largest absolute Gasteiger partial charge is 0.631 e. The summed E-state index contributed by atoms with van der Waals surface area (Å²) >= 11 is 0. The second-order valence-corrected chi connectivity index (χ2v) is 0.556. The van der Waals surface area contributed by atoms with Crippen LogP contribution in [0.2, 0.25) is 0 Å². The summed E-state index contributed by atoms with van der Waals surface area (Å²) in [5.74, 6) is 0. The molecule has 0 bridgehead atoms. The van der Waals surface area contributed by atoms with E-state index < -0.39 is 0 Å². The molecule has 0 aromatic heterocycles. The third-order valence-corrected chi connectivity index (χ3v) is 0.204. The first-order valence-electron chi connectivity index (χ1n) is 1.36. The minimum absolute atomic E-state index is 0. The molecule has 0 unspecified atom stereocenters. The van der Waals surface area contributed by atoms with Crippen LogP contribution in [0.25, 0.3) is 0 Å². The third-order valence-electron chi connectivity index (χ3n) is 0.204. The molecule has 0 saturated carbocycles. The van der Waals surface area contributed by atoms with E-state index in [1.807, 2.05) is 0 Å². The van der Waals surface area contributed by atoms with Gasteiger partial charge >= 0.3 is 0 Å². The molecule has 2 nitrogen and oxygen atoms in total. The number of nitrogens with one attached hydrogen (secondary N) is 1. The first-order chi connectivity index (χ1) is 2.41. The van der Waals surface area contributed by atoms with Crippen molar-refractivity contribution in [1.29, 1.82) is 0 Å². The maximum absolute atomic E-state index is 4.33. The molecule has 0 aromatic carbocycles. The zero-order valence-electron chi connectivity index (χ0n) is 3.99. The van der Waals surface area contributed by atoms with Crippen molar-refractivity contribution in [3.63, 3.8) is 0 Å². The van der Waals surface area contributed by atoms with Crippen LogP contribution in [0.4, 0.5) is 0 Å². The van der Waals surface area contributed by atoms with Crippen LogP contribution in [0.5, 0.6) is 0 Å². The van der Waals surface area contributed by atoms with Crippen LogP contribution in [0.3, 0.4) is 0 Å². The molecule has 0 amide bonds. The molecule has 0 aliphatic heterocycles. The van der Waals surface area contributed by atoms with Gasteiger partial charge in [0.05, 0.1) is 0 Å². The third kappa shape index (κ3) is 8.82. The van der Waals surface area contributed by atoms with Crippen LogP contribution in [0.15, 0.2) is 0 Å². The Morgan fingerprint density at radius 2 is 2.17 bits per heavy atom. The van der Waals surface area contributed by atoms with Crippen molar-refractivity contribution in [2.24, 2.45) is 0 Å². The summed E-state index contributed by atoms with van der Waals surface area (Å²) in [6.45, 7) is 0. The van der Waals surface area contributed by atoms with E-state index in [1.54, 1.807) is 7.05 Å². The molecule has 1 N–H and O–H groups in total. The van der Waals surface area contributed by atoms with E-state index in [0.29, 0.717) is 0 Å². The summed E-state index contributed by atoms with van der Waals surface area (Å²) in [7, 11) is 3.26. The molecule has 0 aliphatic rings. The molecule has 1 radical (unpaired) electrons. The number of ether oxygens (including phenoxy) is 1. The van der Waals surface area contributed by atoms with Gasteiger partial charge in [0.2, 0.25) is 0 Å². The van der Waals surface area contributed by atoms with Gasteiger partial charge in [-0.1, -0.05) is 0 Å². The maximum atomic E-state index is 4.33. The van der Waals surface area contributed by atoms with E-state index in [9.17, 15) is 0 Å². The van der Waals surface area contributed by atoms with E-state index in [-0.39, 0.29) is 32.7 Å². The van der Waals surface area contributed by atoms with E-state index in [0.717, 1.165) is 0 Å². The van der Waals surface area contributed by atoms with Gasteiger partial charge in [-0.3, -0.25) is 0 Å². The molecular weight excluding hydrogens is 155 g/mol. The molecule has 0 fully saturated rings. The standard InChI is InChI=1S/C3H7NO.Y/c1-4-3-5-2;/h4H,1-2H3;. The molecule has 0 aliphatic carbocycles.